The fourth-order valence-electron chi connectivity index (χ4n) is 3.07. The van der Waals surface area contributed by atoms with Crippen LogP contribution in [0.2, 0.25) is 0 Å². The van der Waals surface area contributed by atoms with E-state index in [0.717, 1.165) is 18.4 Å². The lowest BCUT2D eigenvalue weighted by atomic mass is 10.1. The van der Waals surface area contributed by atoms with Gasteiger partial charge in [0.2, 0.25) is 0 Å². The Hall–Kier alpha value is -2.47. The van der Waals surface area contributed by atoms with Crippen molar-refractivity contribution < 1.29 is 4.79 Å². The molecule has 0 unspecified atom stereocenters. The van der Waals surface area contributed by atoms with Crippen LogP contribution in [-0.4, -0.2) is 21.9 Å². The largest absolute Gasteiger partial charge is 0.349 e. The van der Waals surface area contributed by atoms with Gasteiger partial charge in [-0.1, -0.05) is 43.7 Å². The summed E-state index contributed by atoms with van der Waals surface area (Å²) in [4.78, 5) is 33.8. The Morgan fingerprint density at radius 3 is 2.73 bits per heavy atom. The van der Waals surface area contributed by atoms with Gasteiger partial charge in [0.05, 0.1) is 10.3 Å². The predicted octanol–water partition coefficient (Wildman–Crippen LogP) is 3.80. The third kappa shape index (κ3) is 3.85. The molecule has 3 aromatic rings. The summed E-state index contributed by atoms with van der Waals surface area (Å²) in [6.07, 6.45) is 2.49. The molecule has 1 aromatic carbocycles. The van der Waals surface area contributed by atoms with Gasteiger partial charge in [-0.15, -0.1) is 11.3 Å². The molecule has 0 bridgehead atoms. The molecule has 2 N–H and O–H groups in total. The molecule has 1 amide bonds. The number of benzene rings is 1. The molecule has 3 rings (SSSR count). The number of amides is 1. The van der Waals surface area contributed by atoms with Crippen molar-refractivity contribution in [2.24, 2.45) is 0 Å². The van der Waals surface area contributed by atoms with E-state index in [-0.39, 0.29) is 17.5 Å². The van der Waals surface area contributed by atoms with E-state index in [9.17, 15) is 9.59 Å². The van der Waals surface area contributed by atoms with Gasteiger partial charge in [0.25, 0.3) is 11.5 Å². The van der Waals surface area contributed by atoms with E-state index in [0.29, 0.717) is 32.9 Å². The smallest absolute Gasteiger partial charge is 0.261 e. The van der Waals surface area contributed by atoms with Gasteiger partial charge in [-0.05, 0) is 31.4 Å². The molecule has 2 heterocycles. The number of H-pyrrole nitrogens is 1. The highest BCUT2D eigenvalue weighted by Crippen LogP contribution is 2.27. The molecule has 5 nitrogen and oxygen atoms in total. The normalized spacial score (nSPS) is 12.3. The van der Waals surface area contributed by atoms with E-state index in [1.807, 2.05) is 44.2 Å². The highest BCUT2D eigenvalue weighted by molar-refractivity contribution is 7.20. The van der Waals surface area contributed by atoms with Crippen molar-refractivity contribution in [2.75, 3.05) is 0 Å². The SMILES string of the molecule is CCC[C@H](C)NC(=O)c1sc2nc(Cc3ccccc3)[nH]c(=O)c2c1C. The number of hydrogen-bond donors (Lipinski definition) is 2. The fourth-order valence-corrected chi connectivity index (χ4v) is 4.18. The lowest BCUT2D eigenvalue weighted by molar-refractivity contribution is 0.0942. The van der Waals surface area contributed by atoms with Gasteiger partial charge < -0.3 is 10.3 Å². The lowest BCUT2D eigenvalue weighted by Crippen LogP contribution is -2.32. The van der Waals surface area contributed by atoms with Crippen LogP contribution >= 0.6 is 11.3 Å². The van der Waals surface area contributed by atoms with Crippen LogP contribution in [0.1, 0.15) is 53.3 Å². The van der Waals surface area contributed by atoms with Gasteiger partial charge in [0.1, 0.15) is 10.7 Å². The van der Waals surface area contributed by atoms with Crippen molar-refractivity contribution in [2.45, 2.75) is 46.1 Å². The Labute approximate surface area is 156 Å². The van der Waals surface area contributed by atoms with Crippen LogP contribution in [0.15, 0.2) is 35.1 Å². The van der Waals surface area contributed by atoms with Crippen LogP contribution in [0, 0.1) is 6.92 Å². The molecule has 0 aliphatic carbocycles. The third-order valence-electron chi connectivity index (χ3n) is 4.37. The Morgan fingerprint density at radius 1 is 1.31 bits per heavy atom. The first-order valence-corrected chi connectivity index (χ1v) is 9.68. The maximum absolute atomic E-state index is 12.6. The number of thiophene rings is 1. The molecule has 0 saturated carbocycles. The van der Waals surface area contributed by atoms with Crippen LogP contribution in [0.25, 0.3) is 10.2 Å². The second-order valence-electron chi connectivity index (χ2n) is 6.57. The van der Waals surface area contributed by atoms with Crippen molar-refractivity contribution >= 4 is 27.5 Å². The number of carbonyl (C=O) groups is 1. The minimum atomic E-state index is -0.185. The molecule has 2 aromatic heterocycles. The Morgan fingerprint density at radius 2 is 2.04 bits per heavy atom. The topological polar surface area (TPSA) is 74.8 Å². The first-order valence-electron chi connectivity index (χ1n) is 8.86. The fraction of sp³-hybridized carbons (Fsp3) is 0.350. The van der Waals surface area contributed by atoms with Gasteiger partial charge in [0.15, 0.2) is 0 Å². The Kier molecular flexibility index (Phi) is 5.52. The van der Waals surface area contributed by atoms with Crippen LogP contribution < -0.4 is 10.9 Å². The van der Waals surface area contributed by atoms with Crippen molar-refractivity contribution in [1.29, 1.82) is 0 Å². The molecular formula is C20H23N3O2S. The van der Waals surface area contributed by atoms with Gasteiger partial charge in [0, 0.05) is 12.5 Å². The second kappa shape index (κ2) is 7.83. The van der Waals surface area contributed by atoms with Gasteiger partial charge in [-0.25, -0.2) is 4.98 Å². The summed E-state index contributed by atoms with van der Waals surface area (Å²) in [7, 11) is 0. The molecule has 0 aliphatic heterocycles. The number of fused-ring (bicyclic) bond motifs is 1. The quantitative estimate of drug-likeness (QED) is 0.694. The standard InChI is InChI=1S/C20H23N3O2S/c1-4-8-12(2)21-19(25)17-13(3)16-18(24)22-15(23-20(16)26-17)11-14-9-6-5-7-10-14/h5-7,9-10,12H,4,8,11H2,1-3H3,(H,21,25)(H,22,23,24)/t12-/m0/s1. The first kappa shape index (κ1) is 18.3. The number of nitrogens with one attached hydrogen (secondary N) is 2. The molecule has 26 heavy (non-hydrogen) atoms. The number of aromatic nitrogens is 2. The summed E-state index contributed by atoms with van der Waals surface area (Å²) < 4.78 is 0. The number of nitrogens with zero attached hydrogens (tertiary/aromatic N) is 1. The maximum atomic E-state index is 12.6. The first-order chi connectivity index (χ1) is 12.5. The molecule has 0 radical (unpaired) electrons. The summed E-state index contributed by atoms with van der Waals surface area (Å²) in [5.41, 5.74) is 1.59. The third-order valence-corrected chi connectivity index (χ3v) is 5.55. The van der Waals surface area contributed by atoms with Crippen LogP contribution in [0.5, 0.6) is 0 Å². The van der Waals surface area contributed by atoms with Crippen LogP contribution in [-0.2, 0) is 6.42 Å². The lowest BCUT2D eigenvalue weighted by Gasteiger charge is -2.11. The second-order valence-corrected chi connectivity index (χ2v) is 7.57. The predicted molar refractivity (Wildman–Crippen MR) is 106 cm³/mol. The minimum Gasteiger partial charge on any atom is -0.349 e. The van der Waals surface area contributed by atoms with E-state index < -0.39 is 0 Å². The van der Waals surface area contributed by atoms with E-state index in [1.165, 1.54) is 11.3 Å². The monoisotopic (exact) mass is 369 g/mol. The summed E-state index contributed by atoms with van der Waals surface area (Å²) in [5.74, 6) is 0.483. The summed E-state index contributed by atoms with van der Waals surface area (Å²) in [6, 6.07) is 9.98. The molecular weight excluding hydrogens is 346 g/mol. The van der Waals surface area contributed by atoms with Gasteiger partial charge in [-0.2, -0.15) is 0 Å². The van der Waals surface area contributed by atoms with E-state index in [1.54, 1.807) is 0 Å². The molecule has 1 atom stereocenters. The zero-order chi connectivity index (χ0) is 18.7. The Bertz CT molecular complexity index is 976. The highest BCUT2D eigenvalue weighted by Gasteiger charge is 2.20. The van der Waals surface area contributed by atoms with Crippen molar-refractivity contribution in [3.63, 3.8) is 0 Å². The number of aryl methyl sites for hydroxylation is 1. The number of carbonyl (C=O) groups excluding carboxylic acids is 1. The van der Waals surface area contributed by atoms with Crippen LogP contribution in [0.3, 0.4) is 0 Å². The maximum Gasteiger partial charge on any atom is 0.261 e. The van der Waals surface area contributed by atoms with Crippen LogP contribution in [0.4, 0.5) is 0 Å². The average molecular weight is 369 g/mol. The minimum absolute atomic E-state index is 0.108. The van der Waals surface area contributed by atoms with E-state index in [2.05, 4.69) is 22.2 Å². The highest BCUT2D eigenvalue weighted by atomic mass is 32.1. The zero-order valence-electron chi connectivity index (χ0n) is 15.3. The molecule has 0 saturated heterocycles. The van der Waals surface area contributed by atoms with Crippen molar-refractivity contribution in [3.8, 4) is 0 Å². The van der Waals surface area contributed by atoms with Gasteiger partial charge in [-0.3, -0.25) is 9.59 Å². The average Bonchev–Trinajstić information content (AvgIpc) is 2.93. The number of hydrogen-bond acceptors (Lipinski definition) is 4. The zero-order valence-corrected chi connectivity index (χ0v) is 16.1. The molecule has 0 fully saturated rings. The molecule has 0 spiro atoms. The van der Waals surface area contributed by atoms with E-state index in [4.69, 9.17) is 0 Å². The van der Waals surface area contributed by atoms with E-state index >= 15 is 0 Å². The number of aromatic amines is 1. The Balaban J connectivity index is 1.93. The molecule has 0 aliphatic rings. The summed E-state index contributed by atoms with van der Waals surface area (Å²) in [5, 5.41) is 3.52. The van der Waals surface area contributed by atoms with Gasteiger partial charge >= 0.3 is 0 Å². The molecule has 6 heteroatoms. The molecule has 136 valence electrons. The summed E-state index contributed by atoms with van der Waals surface area (Å²) >= 11 is 1.29. The number of rotatable bonds is 6. The summed E-state index contributed by atoms with van der Waals surface area (Å²) in [6.45, 7) is 5.89. The van der Waals surface area contributed by atoms with Crippen molar-refractivity contribution in [3.05, 3.63) is 62.5 Å². The van der Waals surface area contributed by atoms with Crippen molar-refractivity contribution in [1.82, 2.24) is 15.3 Å².